The number of fused-ring (bicyclic) bond motifs is 1. The summed E-state index contributed by atoms with van der Waals surface area (Å²) in [4.78, 5) is 30.6. The van der Waals surface area contributed by atoms with Crippen molar-refractivity contribution in [2.24, 2.45) is 7.05 Å². The predicted octanol–water partition coefficient (Wildman–Crippen LogP) is 5.19. The average molecular weight is 460 g/mol. The van der Waals surface area contributed by atoms with E-state index in [0.29, 0.717) is 21.1 Å². The molecule has 4 aromatic rings. The Morgan fingerprint density at radius 2 is 2.00 bits per heavy atom. The molecule has 0 atom stereocenters. The SMILES string of the molecule is Cn1c(SCC(=O)Nc2ccc(F)cc2Cl)nc2cc(-c3ccccc3)sc2c1=O. The summed E-state index contributed by atoms with van der Waals surface area (Å²) in [6, 6.07) is 15.4. The molecule has 0 spiro atoms. The van der Waals surface area contributed by atoms with Crippen molar-refractivity contribution in [3.63, 3.8) is 0 Å². The number of hydrogen-bond donors (Lipinski definition) is 1. The number of carbonyl (C=O) groups excluding carboxylic acids is 1. The number of aromatic nitrogens is 2. The maximum absolute atomic E-state index is 13.1. The van der Waals surface area contributed by atoms with E-state index in [-0.39, 0.29) is 22.2 Å². The highest BCUT2D eigenvalue weighted by atomic mass is 35.5. The number of benzene rings is 2. The molecule has 30 heavy (non-hydrogen) atoms. The first kappa shape index (κ1) is 20.6. The fraction of sp³-hybridized carbons (Fsp3) is 0.0952. The van der Waals surface area contributed by atoms with Gasteiger partial charge in [-0.1, -0.05) is 53.7 Å². The van der Waals surface area contributed by atoms with Crippen molar-refractivity contribution in [2.45, 2.75) is 5.16 Å². The van der Waals surface area contributed by atoms with E-state index in [9.17, 15) is 14.0 Å². The van der Waals surface area contributed by atoms with Crippen molar-refractivity contribution in [3.8, 4) is 10.4 Å². The minimum absolute atomic E-state index is 0.0230. The van der Waals surface area contributed by atoms with Crippen molar-refractivity contribution >= 4 is 56.5 Å². The van der Waals surface area contributed by atoms with Gasteiger partial charge in [-0.05, 0) is 29.8 Å². The van der Waals surface area contributed by atoms with Crippen molar-refractivity contribution in [2.75, 3.05) is 11.1 Å². The largest absolute Gasteiger partial charge is 0.324 e. The second kappa shape index (κ2) is 8.59. The second-order valence-electron chi connectivity index (χ2n) is 6.41. The van der Waals surface area contributed by atoms with E-state index >= 15 is 0 Å². The Morgan fingerprint density at radius 1 is 1.23 bits per heavy atom. The number of thioether (sulfide) groups is 1. The van der Waals surface area contributed by atoms with E-state index < -0.39 is 5.82 Å². The Bertz CT molecular complexity index is 1310. The fourth-order valence-electron chi connectivity index (χ4n) is 2.82. The van der Waals surface area contributed by atoms with Gasteiger partial charge < -0.3 is 5.32 Å². The Balaban J connectivity index is 1.54. The maximum atomic E-state index is 13.1. The van der Waals surface area contributed by atoms with Gasteiger partial charge >= 0.3 is 0 Å². The minimum atomic E-state index is -0.481. The third kappa shape index (κ3) is 4.26. The maximum Gasteiger partial charge on any atom is 0.271 e. The van der Waals surface area contributed by atoms with Crippen LogP contribution in [0.25, 0.3) is 20.7 Å². The molecular weight excluding hydrogens is 445 g/mol. The number of anilines is 1. The summed E-state index contributed by atoms with van der Waals surface area (Å²) in [6.45, 7) is 0. The molecule has 4 rings (SSSR count). The molecule has 0 saturated heterocycles. The monoisotopic (exact) mass is 459 g/mol. The molecular formula is C21H15ClFN3O2S2. The summed E-state index contributed by atoms with van der Waals surface area (Å²) in [7, 11) is 1.63. The Hall–Kier alpha value is -2.68. The van der Waals surface area contributed by atoms with Gasteiger partial charge in [0.1, 0.15) is 10.5 Å². The van der Waals surface area contributed by atoms with Gasteiger partial charge in [0.05, 0.1) is 22.0 Å². The van der Waals surface area contributed by atoms with Crippen LogP contribution in [0.3, 0.4) is 0 Å². The number of thiophene rings is 1. The highest BCUT2D eigenvalue weighted by Crippen LogP contribution is 2.31. The molecule has 9 heteroatoms. The first-order valence-electron chi connectivity index (χ1n) is 8.86. The molecule has 0 fully saturated rings. The molecule has 1 amide bonds. The van der Waals surface area contributed by atoms with Gasteiger partial charge in [-0.15, -0.1) is 11.3 Å². The summed E-state index contributed by atoms with van der Waals surface area (Å²) in [6.07, 6.45) is 0. The highest BCUT2D eigenvalue weighted by Gasteiger charge is 2.15. The van der Waals surface area contributed by atoms with E-state index in [0.717, 1.165) is 28.3 Å². The lowest BCUT2D eigenvalue weighted by Crippen LogP contribution is -2.20. The van der Waals surface area contributed by atoms with Crippen molar-refractivity contribution in [1.29, 1.82) is 0 Å². The summed E-state index contributed by atoms with van der Waals surface area (Å²) in [5, 5.41) is 3.19. The van der Waals surface area contributed by atoms with Gasteiger partial charge in [0.2, 0.25) is 5.91 Å². The molecule has 0 saturated carbocycles. The normalized spacial score (nSPS) is 11.0. The van der Waals surface area contributed by atoms with Crippen molar-refractivity contribution in [1.82, 2.24) is 9.55 Å². The van der Waals surface area contributed by atoms with E-state index in [1.165, 1.54) is 28.0 Å². The van der Waals surface area contributed by atoms with Crippen LogP contribution in [-0.2, 0) is 11.8 Å². The zero-order chi connectivity index (χ0) is 21.3. The number of amides is 1. The van der Waals surface area contributed by atoms with E-state index in [2.05, 4.69) is 10.3 Å². The molecule has 0 aliphatic rings. The van der Waals surface area contributed by atoms with Crippen molar-refractivity contribution in [3.05, 3.63) is 75.8 Å². The van der Waals surface area contributed by atoms with Gasteiger partial charge in [0, 0.05) is 11.9 Å². The predicted molar refractivity (Wildman–Crippen MR) is 121 cm³/mol. The first-order valence-corrected chi connectivity index (χ1v) is 11.0. The minimum Gasteiger partial charge on any atom is -0.324 e. The zero-order valence-electron chi connectivity index (χ0n) is 15.7. The molecule has 2 aromatic carbocycles. The lowest BCUT2D eigenvalue weighted by Gasteiger charge is -2.09. The van der Waals surface area contributed by atoms with Gasteiger partial charge in [0.15, 0.2) is 5.16 Å². The molecule has 2 heterocycles. The molecule has 0 unspecified atom stereocenters. The topological polar surface area (TPSA) is 64.0 Å². The quantitative estimate of drug-likeness (QED) is 0.329. The number of nitrogens with zero attached hydrogens (tertiary/aromatic N) is 2. The van der Waals surface area contributed by atoms with Crippen LogP contribution in [0, 0.1) is 5.82 Å². The van der Waals surface area contributed by atoms with Crippen LogP contribution in [0.2, 0.25) is 5.02 Å². The summed E-state index contributed by atoms with van der Waals surface area (Å²) < 4.78 is 15.1. The summed E-state index contributed by atoms with van der Waals surface area (Å²) in [5.41, 5.74) is 1.79. The molecule has 5 nitrogen and oxygen atoms in total. The van der Waals surface area contributed by atoms with Crippen molar-refractivity contribution < 1.29 is 9.18 Å². The molecule has 0 aliphatic carbocycles. The van der Waals surface area contributed by atoms with E-state index in [1.54, 1.807) is 7.05 Å². The van der Waals surface area contributed by atoms with Gasteiger partial charge in [-0.25, -0.2) is 9.37 Å². The molecule has 0 bridgehead atoms. The Morgan fingerprint density at radius 3 is 2.73 bits per heavy atom. The van der Waals surface area contributed by atoms with Gasteiger partial charge in [0.25, 0.3) is 5.56 Å². The van der Waals surface area contributed by atoms with Crippen LogP contribution < -0.4 is 10.9 Å². The van der Waals surface area contributed by atoms with Crippen LogP contribution in [-0.4, -0.2) is 21.2 Å². The number of rotatable bonds is 5. The molecule has 1 N–H and O–H groups in total. The van der Waals surface area contributed by atoms with Crippen LogP contribution in [0.15, 0.2) is 64.5 Å². The first-order chi connectivity index (χ1) is 14.4. The lowest BCUT2D eigenvalue weighted by molar-refractivity contribution is -0.113. The van der Waals surface area contributed by atoms with Crippen LogP contribution in [0.5, 0.6) is 0 Å². The van der Waals surface area contributed by atoms with Gasteiger partial charge in [-0.2, -0.15) is 0 Å². The van der Waals surface area contributed by atoms with E-state index in [4.69, 9.17) is 11.6 Å². The number of halogens is 2. The highest BCUT2D eigenvalue weighted by molar-refractivity contribution is 7.99. The second-order valence-corrected chi connectivity index (χ2v) is 8.81. The van der Waals surface area contributed by atoms with E-state index in [1.807, 2.05) is 36.4 Å². The summed E-state index contributed by atoms with van der Waals surface area (Å²) >= 11 is 8.48. The van der Waals surface area contributed by atoms with Gasteiger partial charge in [-0.3, -0.25) is 14.2 Å². The van der Waals surface area contributed by atoms with Crippen LogP contribution in [0.1, 0.15) is 0 Å². The third-order valence-corrected chi connectivity index (χ3v) is 6.81. The Labute approximate surface area is 184 Å². The molecule has 152 valence electrons. The number of nitrogens with one attached hydrogen (secondary N) is 1. The third-order valence-electron chi connectivity index (χ3n) is 4.31. The zero-order valence-corrected chi connectivity index (χ0v) is 18.1. The summed E-state index contributed by atoms with van der Waals surface area (Å²) in [5.74, 6) is -0.793. The Kier molecular flexibility index (Phi) is 5.90. The molecule has 2 aromatic heterocycles. The molecule has 0 radical (unpaired) electrons. The fourth-order valence-corrected chi connectivity index (χ4v) is 4.88. The lowest BCUT2D eigenvalue weighted by atomic mass is 10.2. The van der Waals surface area contributed by atoms with Crippen LogP contribution in [0.4, 0.5) is 10.1 Å². The molecule has 0 aliphatic heterocycles. The average Bonchev–Trinajstić information content (AvgIpc) is 3.17. The number of hydrogen-bond acceptors (Lipinski definition) is 5. The van der Waals surface area contributed by atoms with Crippen LogP contribution >= 0.6 is 34.7 Å². The standard InChI is InChI=1S/C21H15ClFN3O2S2/c1-26-20(28)19-16(10-17(30-19)12-5-3-2-4-6-12)25-21(26)29-11-18(27)24-15-8-7-13(23)9-14(15)22/h2-10H,11H2,1H3,(H,24,27). The number of carbonyl (C=O) groups is 1. The smallest absolute Gasteiger partial charge is 0.271 e.